The number of anilines is 1. The highest BCUT2D eigenvalue weighted by atomic mass is 16.1. The fraction of sp³-hybridized carbons (Fsp3) is 0.222. The van der Waals surface area contributed by atoms with E-state index in [0.29, 0.717) is 11.5 Å². The molecule has 6 heteroatoms. The number of para-hydroxylation sites is 1. The zero-order valence-corrected chi connectivity index (χ0v) is 13.7. The molecule has 1 atom stereocenters. The van der Waals surface area contributed by atoms with E-state index < -0.39 is 0 Å². The fourth-order valence-corrected chi connectivity index (χ4v) is 2.52. The van der Waals surface area contributed by atoms with Crippen LogP contribution >= 0.6 is 0 Å². The molecule has 0 spiro atoms. The highest BCUT2D eigenvalue weighted by molar-refractivity contribution is 6.05. The van der Waals surface area contributed by atoms with Crippen LogP contribution in [-0.2, 0) is 0 Å². The van der Waals surface area contributed by atoms with Crippen molar-refractivity contribution in [1.29, 1.82) is 0 Å². The Morgan fingerprint density at radius 3 is 2.79 bits per heavy atom. The lowest BCUT2D eigenvalue weighted by molar-refractivity contribution is 0.102. The number of hydrogen-bond donors (Lipinski definition) is 1. The SMILES string of the molecule is CC[C@@H](C)c1ccccc1NC(=O)c1cccc(-n2cnnn2)c1. The number of benzene rings is 2. The van der Waals surface area contributed by atoms with Gasteiger partial charge in [-0.25, -0.2) is 4.68 Å². The van der Waals surface area contributed by atoms with E-state index in [4.69, 9.17) is 0 Å². The number of tetrazole rings is 1. The first-order valence-corrected chi connectivity index (χ1v) is 7.92. The van der Waals surface area contributed by atoms with Crippen LogP contribution in [0.25, 0.3) is 5.69 Å². The molecule has 0 saturated carbocycles. The van der Waals surface area contributed by atoms with Crippen LogP contribution < -0.4 is 5.32 Å². The molecule has 3 rings (SSSR count). The van der Waals surface area contributed by atoms with Crippen LogP contribution in [0, 0.1) is 0 Å². The van der Waals surface area contributed by atoms with Crippen molar-refractivity contribution in [3.8, 4) is 5.69 Å². The molecule has 2 aromatic carbocycles. The molecule has 0 aliphatic heterocycles. The van der Waals surface area contributed by atoms with Gasteiger partial charge in [0.25, 0.3) is 5.91 Å². The zero-order valence-electron chi connectivity index (χ0n) is 13.7. The summed E-state index contributed by atoms with van der Waals surface area (Å²) in [6, 6.07) is 15.1. The Labute approximate surface area is 140 Å². The molecule has 24 heavy (non-hydrogen) atoms. The molecule has 122 valence electrons. The van der Waals surface area contributed by atoms with Gasteiger partial charge in [-0.05, 0) is 52.6 Å². The van der Waals surface area contributed by atoms with E-state index in [1.807, 2.05) is 30.3 Å². The highest BCUT2D eigenvalue weighted by Gasteiger charge is 2.13. The molecule has 0 aliphatic carbocycles. The maximum Gasteiger partial charge on any atom is 0.255 e. The van der Waals surface area contributed by atoms with Gasteiger partial charge < -0.3 is 5.32 Å². The maximum absolute atomic E-state index is 12.6. The summed E-state index contributed by atoms with van der Waals surface area (Å²) in [4.78, 5) is 12.6. The Bertz CT molecular complexity index is 829. The van der Waals surface area contributed by atoms with Crippen molar-refractivity contribution in [3.05, 3.63) is 66.0 Å². The monoisotopic (exact) mass is 321 g/mol. The normalized spacial score (nSPS) is 11.9. The third kappa shape index (κ3) is 3.32. The molecule has 0 aliphatic rings. The number of carbonyl (C=O) groups is 1. The summed E-state index contributed by atoms with van der Waals surface area (Å²) in [5.74, 6) is 0.231. The van der Waals surface area contributed by atoms with Gasteiger partial charge in [0.2, 0.25) is 0 Å². The molecule has 0 unspecified atom stereocenters. The molecule has 1 heterocycles. The van der Waals surface area contributed by atoms with Gasteiger partial charge >= 0.3 is 0 Å². The molecule has 6 nitrogen and oxygen atoms in total. The number of rotatable bonds is 5. The van der Waals surface area contributed by atoms with Gasteiger partial charge in [0, 0.05) is 11.3 Å². The topological polar surface area (TPSA) is 72.7 Å². The van der Waals surface area contributed by atoms with E-state index in [0.717, 1.165) is 23.4 Å². The Balaban J connectivity index is 1.85. The molecule has 3 aromatic rings. The lowest BCUT2D eigenvalue weighted by atomic mass is 9.97. The Morgan fingerprint density at radius 1 is 1.21 bits per heavy atom. The first kappa shape index (κ1) is 15.9. The van der Waals surface area contributed by atoms with Crippen molar-refractivity contribution in [2.24, 2.45) is 0 Å². The van der Waals surface area contributed by atoms with Crippen molar-refractivity contribution in [3.63, 3.8) is 0 Å². The van der Waals surface area contributed by atoms with Crippen LogP contribution in [-0.4, -0.2) is 26.1 Å². The Hall–Kier alpha value is -3.02. The number of carbonyl (C=O) groups excluding carboxylic acids is 1. The van der Waals surface area contributed by atoms with Gasteiger partial charge in [-0.15, -0.1) is 5.10 Å². The minimum absolute atomic E-state index is 0.152. The van der Waals surface area contributed by atoms with Gasteiger partial charge in [-0.3, -0.25) is 4.79 Å². The van der Waals surface area contributed by atoms with Crippen LogP contribution in [0.15, 0.2) is 54.9 Å². The quantitative estimate of drug-likeness (QED) is 0.781. The lowest BCUT2D eigenvalue weighted by Crippen LogP contribution is -2.14. The molecule has 1 amide bonds. The van der Waals surface area contributed by atoms with Gasteiger partial charge in [0.15, 0.2) is 0 Å². The van der Waals surface area contributed by atoms with Crippen LogP contribution in [0.2, 0.25) is 0 Å². The molecule has 0 fully saturated rings. The van der Waals surface area contributed by atoms with Gasteiger partial charge in [-0.1, -0.05) is 38.1 Å². The molecular formula is C18H19N5O. The van der Waals surface area contributed by atoms with Gasteiger partial charge in [0.1, 0.15) is 6.33 Å². The van der Waals surface area contributed by atoms with Crippen LogP contribution in [0.4, 0.5) is 5.69 Å². The highest BCUT2D eigenvalue weighted by Crippen LogP contribution is 2.27. The smallest absolute Gasteiger partial charge is 0.255 e. The number of aromatic nitrogens is 4. The molecular weight excluding hydrogens is 302 g/mol. The first-order chi connectivity index (χ1) is 11.7. The largest absolute Gasteiger partial charge is 0.322 e. The van der Waals surface area contributed by atoms with Crippen molar-refractivity contribution in [2.75, 3.05) is 5.32 Å². The summed E-state index contributed by atoms with van der Waals surface area (Å²) < 4.78 is 1.52. The van der Waals surface area contributed by atoms with E-state index >= 15 is 0 Å². The van der Waals surface area contributed by atoms with Crippen LogP contribution in [0.3, 0.4) is 0 Å². The van der Waals surface area contributed by atoms with Gasteiger partial charge in [0.05, 0.1) is 5.69 Å². The third-order valence-corrected chi connectivity index (χ3v) is 4.07. The second-order valence-corrected chi connectivity index (χ2v) is 5.66. The predicted octanol–water partition coefficient (Wildman–Crippen LogP) is 3.43. The zero-order chi connectivity index (χ0) is 16.9. The fourth-order valence-electron chi connectivity index (χ4n) is 2.52. The van der Waals surface area contributed by atoms with Gasteiger partial charge in [-0.2, -0.15) is 0 Å². The van der Waals surface area contributed by atoms with Crippen molar-refractivity contribution in [1.82, 2.24) is 20.2 Å². The number of hydrogen-bond acceptors (Lipinski definition) is 4. The van der Waals surface area contributed by atoms with E-state index in [9.17, 15) is 4.79 Å². The standard InChI is InChI=1S/C18H19N5O/c1-3-13(2)16-9-4-5-10-17(16)20-18(24)14-7-6-8-15(11-14)23-12-19-21-22-23/h4-13H,3H2,1-2H3,(H,20,24)/t13-/m1/s1. The molecule has 1 N–H and O–H groups in total. The number of amides is 1. The average Bonchev–Trinajstić information content (AvgIpc) is 3.16. The summed E-state index contributed by atoms with van der Waals surface area (Å²) in [5.41, 5.74) is 3.29. The molecule has 0 bridgehead atoms. The van der Waals surface area contributed by atoms with E-state index in [1.54, 1.807) is 12.1 Å². The summed E-state index contributed by atoms with van der Waals surface area (Å²) in [7, 11) is 0. The Morgan fingerprint density at radius 2 is 2.04 bits per heavy atom. The predicted molar refractivity (Wildman–Crippen MR) is 92.3 cm³/mol. The number of nitrogens with one attached hydrogen (secondary N) is 1. The maximum atomic E-state index is 12.6. The van der Waals surface area contributed by atoms with Crippen LogP contribution in [0.5, 0.6) is 0 Å². The number of nitrogens with zero attached hydrogens (tertiary/aromatic N) is 4. The molecule has 1 aromatic heterocycles. The van der Waals surface area contributed by atoms with Crippen LogP contribution in [0.1, 0.15) is 42.1 Å². The van der Waals surface area contributed by atoms with Crippen molar-refractivity contribution in [2.45, 2.75) is 26.2 Å². The van der Waals surface area contributed by atoms with E-state index in [-0.39, 0.29) is 5.91 Å². The second kappa shape index (κ2) is 7.04. The Kier molecular flexibility index (Phi) is 4.65. The van der Waals surface area contributed by atoms with E-state index in [1.165, 1.54) is 11.0 Å². The molecule has 0 saturated heterocycles. The summed E-state index contributed by atoms with van der Waals surface area (Å²) in [5, 5.41) is 14.1. The first-order valence-electron chi connectivity index (χ1n) is 7.92. The summed E-state index contributed by atoms with van der Waals surface area (Å²) in [6.45, 7) is 4.29. The molecule has 0 radical (unpaired) electrons. The lowest BCUT2D eigenvalue weighted by Gasteiger charge is -2.15. The summed E-state index contributed by atoms with van der Waals surface area (Å²) >= 11 is 0. The summed E-state index contributed by atoms with van der Waals surface area (Å²) in [6.07, 6.45) is 2.51. The van der Waals surface area contributed by atoms with Crippen molar-refractivity contribution < 1.29 is 4.79 Å². The third-order valence-electron chi connectivity index (χ3n) is 4.07. The van der Waals surface area contributed by atoms with E-state index in [2.05, 4.69) is 40.8 Å². The minimum atomic E-state index is -0.152. The van der Waals surface area contributed by atoms with Crippen molar-refractivity contribution >= 4 is 11.6 Å². The average molecular weight is 321 g/mol. The minimum Gasteiger partial charge on any atom is -0.322 e. The second-order valence-electron chi connectivity index (χ2n) is 5.66.